The van der Waals surface area contributed by atoms with Gasteiger partial charge in [-0.3, -0.25) is 0 Å². The smallest absolute Gasteiger partial charge is 0.419 e. The van der Waals surface area contributed by atoms with Gasteiger partial charge in [-0.2, -0.15) is 13.2 Å². The van der Waals surface area contributed by atoms with Gasteiger partial charge in [0.25, 0.3) is 0 Å². The second kappa shape index (κ2) is 4.96. The third-order valence-electron chi connectivity index (χ3n) is 2.65. The van der Waals surface area contributed by atoms with E-state index in [2.05, 4.69) is 5.32 Å². The molecule has 0 amide bonds. The van der Waals surface area contributed by atoms with Crippen LogP contribution in [0.3, 0.4) is 0 Å². The van der Waals surface area contributed by atoms with E-state index in [1.54, 1.807) is 0 Å². The van der Waals surface area contributed by atoms with Crippen LogP contribution in [0.5, 0.6) is 5.75 Å². The molecule has 0 bridgehead atoms. The topological polar surface area (TPSA) is 23.3 Å². The lowest BCUT2D eigenvalue weighted by atomic mass is 10.1. The molecule has 1 aliphatic rings. The Balaban J connectivity index is 2.14. The molecule has 2 rings (SSSR count). The summed E-state index contributed by atoms with van der Waals surface area (Å²) in [6, 6.07) is 5.26. The minimum absolute atomic E-state index is 0.129. The number of para-hydroxylation sites is 1. The quantitative estimate of drug-likeness (QED) is 0.783. The first-order chi connectivity index (χ1) is 8.07. The molecule has 0 saturated carbocycles. The fourth-order valence-corrected chi connectivity index (χ4v) is 1.80. The van der Waals surface area contributed by atoms with E-state index in [1.165, 1.54) is 18.2 Å². The fourth-order valence-electron chi connectivity index (χ4n) is 1.80. The van der Waals surface area contributed by atoms with Gasteiger partial charge in [-0.1, -0.05) is 12.1 Å². The first-order valence-electron chi connectivity index (χ1n) is 5.57. The van der Waals surface area contributed by atoms with Crippen molar-refractivity contribution in [3.05, 3.63) is 29.8 Å². The van der Waals surface area contributed by atoms with Gasteiger partial charge in [-0.15, -0.1) is 0 Å². The maximum Gasteiger partial charge on any atom is 0.419 e. The molecular weight excluding hydrogens is 231 g/mol. The van der Waals surface area contributed by atoms with Gasteiger partial charge in [0.1, 0.15) is 5.75 Å². The lowest BCUT2D eigenvalue weighted by Gasteiger charge is -2.24. The Morgan fingerprint density at radius 1 is 1.18 bits per heavy atom. The summed E-state index contributed by atoms with van der Waals surface area (Å²) in [5.74, 6) is -0.129. The van der Waals surface area contributed by atoms with E-state index in [0.717, 1.165) is 18.9 Å². The molecule has 1 atom stereocenters. The molecule has 1 aromatic carbocycles. The fraction of sp³-hybridized carbons (Fsp3) is 0.500. The molecule has 93 valence electrons. The van der Waals surface area contributed by atoms with Crippen LogP contribution in [-0.2, 0) is 6.18 Å². The van der Waals surface area contributed by atoms with Gasteiger partial charge in [-0.05, 0) is 31.4 Å². The van der Waals surface area contributed by atoms with Crippen molar-refractivity contribution in [2.45, 2.75) is 31.7 Å². The lowest BCUT2D eigenvalue weighted by molar-refractivity contribution is -0.139. The number of rotatable bonds is 2. The Labute approximate surface area is 97.8 Å². The van der Waals surface area contributed by atoms with E-state index in [0.29, 0.717) is 13.0 Å². The Kier molecular flexibility index (Phi) is 3.57. The summed E-state index contributed by atoms with van der Waals surface area (Å²) in [4.78, 5) is 0. The standard InChI is InChI=1S/C12H13F3NO/c13-12(14,15)9-5-1-2-6-10(9)17-11-7-3-4-8-16-11/h1-2,5-6,11H,3-4,7-8H2. The van der Waals surface area contributed by atoms with Crippen molar-refractivity contribution in [2.24, 2.45) is 0 Å². The van der Waals surface area contributed by atoms with Gasteiger partial charge in [0.15, 0.2) is 6.23 Å². The van der Waals surface area contributed by atoms with Gasteiger partial charge in [0.05, 0.1) is 5.56 Å². The van der Waals surface area contributed by atoms with Crippen molar-refractivity contribution in [2.75, 3.05) is 6.54 Å². The van der Waals surface area contributed by atoms with Crippen LogP contribution in [0.1, 0.15) is 24.8 Å². The third-order valence-corrected chi connectivity index (χ3v) is 2.65. The van der Waals surface area contributed by atoms with Crippen molar-refractivity contribution in [1.29, 1.82) is 0 Å². The van der Waals surface area contributed by atoms with Crippen LogP contribution in [0.25, 0.3) is 0 Å². The highest BCUT2D eigenvalue weighted by atomic mass is 19.4. The van der Waals surface area contributed by atoms with Crippen LogP contribution in [0.2, 0.25) is 0 Å². The molecule has 0 aliphatic carbocycles. The largest absolute Gasteiger partial charge is 0.473 e. The zero-order valence-electron chi connectivity index (χ0n) is 9.20. The number of nitrogens with zero attached hydrogens (tertiary/aromatic N) is 1. The molecule has 0 spiro atoms. The number of ether oxygens (including phenoxy) is 1. The van der Waals surface area contributed by atoms with Crippen LogP contribution in [0.15, 0.2) is 24.3 Å². The van der Waals surface area contributed by atoms with Gasteiger partial charge in [0.2, 0.25) is 0 Å². The van der Waals surface area contributed by atoms with Crippen molar-refractivity contribution in [3.63, 3.8) is 0 Å². The number of alkyl halides is 3. The molecule has 1 saturated heterocycles. The predicted octanol–water partition coefficient (Wildman–Crippen LogP) is 3.20. The van der Waals surface area contributed by atoms with E-state index in [4.69, 9.17) is 4.74 Å². The van der Waals surface area contributed by atoms with Gasteiger partial charge in [0, 0.05) is 6.54 Å². The Morgan fingerprint density at radius 3 is 2.59 bits per heavy atom. The molecule has 17 heavy (non-hydrogen) atoms. The molecule has 1 radical (unpaired) electrons. The zero-order valence-corrected chi connectivity index (χ0v) is 9.20. The van der Waals surface area contributed by atoms with Gasteiger partial charge >= 0.3 is 6.18 Å². The number of halogens is 3. The molecule has 2 nitrogen and oxygen atoms in total. The van der Waals surface area contributed by atoms with Crippen LogP contribution in [0.4, 0.5) is 13.2 Å². The average molecular weight is 244 g/mol. The third kappa shape index (κ3) is 3.12. The van der Waals surface area contributed by atoms with E-state index in [9.17, 15) is 13.2 Å². The van der Waals surface area contributed by atoms with Gasteiger partial charge < -0.3 is 4.74 Å². The van der Waals surface area contributed by atoms with Crippen LogP contribution in [-0.4, -0.2) is 12.8 Å². The number of benzene rings is 1. The van der Waals surface area contributed by atoms with Crippen molar-refractivity contribution in [1.82, 2.24) is 5.32 Å². The van der Waals surface area contributed by atoms with Crippen LogP contribution < -0.4 is 10.1 Å². The summed E-state index contributed by atoms with van der Waals surface area (Å²) < 4.78 is 43.4. The molecular formula is C12H13F3NO. The second-order valence-electron chi connectivity index (χ2n) is 3.97. The average Bonchev–Trinajstić information content (AvgIpc) is 2.30. The normalized spacial score (nSPS) is 21.2. The molecule has 1 fully saturated rings. The number of hydrogen-bond donors (Lipinski definition) is 0. The Morgan fingerprint density at radius 2 is 1.94 bits per heavy atom. The highest BCUT2D eigenvalue weighted by Gasteiger charge is 2.34. The lowest BCUT2D eigenvalue weighted by Crippen LogP contribution is -2.33. The SMILES string of the molecule is FC(F)(F)c1ccccc1OC1CCCC[N]1. The monoisotopic (exact) mass is 244 g/mol. The predicted molar refractivity (Wildman–Crippen MR) is 56.7 cm³/mol. The van der Waals surface area contributed by atoms with Crippen LogP contribution >= 0.6 is 0 Å². The highest BCUT2D eigenvalue weighted by Crippen LogP contribution is 2.36. The van der Waals surface area contributed by atoms with Crippen molar-refractivity contribution < 1.29 is 17.9 Å². The summed E-state index contributed by atoms with van der Waals surface area (Å²) in [5, 5.41) is 4.16. The Hall–Kier alpha value is -1.23. The van der Waals surface area contributed by atoms with E-state index >= 15 is 0 Å². The molecule has 5 heteroatoms. The maximum absolute atomic E-state index is 12.7. The number of hydrogen-bond acceptors (Lipinski definition) is 1. The van der Waals surface area contributed by atoms with Gasteiger partial charge in [-0.25, -0.2) is 5.32 Å². The minimum atomic E-state index is -4.38. The molecule has 1 aliphatic heterocycles. The molecule has 0 N–H and O–H groups in total. The summed E-state index contributed by atoms with van der Waals surface area (Å²) >= 11 is 0. The van der Waals surface area contributed by atoms with Crippen molar-refractivity contribution in [3.8, 4) is 5.75 Å². The molecule has 1 aromatic rings. The summed E-state index contributed by atoms with van der Waals surface area (Å²) in [6.07, 6.45) is -2.20. The first kappa shape index (κ1) is 12.2. The molecule has 1 heterocycles. The number of piperidine rings is 1. The highest BCUT2D eigenvalue weighted by molar-refractivity contribution is 5.35. The van der Waals surface area contributed by atoms with E-state index in [-0.39, 0.29) is 5.75 Å². The van der Waals surface area contributed by atoms with E-state index < -0.39 is 18.0 Å². The summed E-state index contributed by atoms with van der Waals surface area (Å²) in [7, 11) is 0. The first-order valence-corrected chi connectivity index (χ1v) is 5.57. The molecule has 1 unspecified atom stereocenters. The maximum atomic E-state index is 12.7. The Bertz CT molecular complexity index is 372. The van der Waals surface area contributed by atoms with E-state index in [1.807, 2.05) is 0 Å². The minimum Gasteiger partial charge on any atom is -0.473 e. The zero-order chi connectivity index (χ0) is 12.3. The van der Waals surface area contributed by atoms with Crippen molar-refractivity contribution >= 4 is 0 Å². The molecule has 0 aromatic heterocycles. The summed E-state index contributed by atoms with van der Waals surface area (Å²) in [5.41, 5.74) is -0.735. The second-order valence-corrected chi connectivity index (χ2v) is 3.97. The summed E-state index contributed by atoms with van der Waals surface area (Å²) in [6.45, 7) is 0.666. The van der Waals surface area contributed by atoms with Crippen LogP contribution in [0, 0.1) is 0 Å².